The lowest BCUT2D eigenvalue weighted by Gasteiger charge is -2.29. The molecule has 3 heteroatoms. The molecule has 1 aliphatic carbocycles. The number of Topliss-reactive ketones (excluding diaryl/α,β-unsaturated/α-hetero) is 1. The zero-order chi connectivity index (χ0) is 10.0. The van der Waals surface area contributed by atoms with E-state index in [0.29, 0.717) is 5.76 Å². The van der Waals surface area contributed by atoms with Crippen LogP contribution in [0.15, 0.2) is 11.8 Å². The Morgan fingerprint density at radius 1 is 1.62 bits per heavy atom. The zero-order valence-electron chi connectivity index (χ0n) is 8.28. The molecule has 0 radical (unpaired) electrons. The second-order valence-corrected chi connectivity index (χ2v) is 3.45. The van der Waals surface area contributed by atoms with Gasteiger partial charge in [0.25, 0.3) is 0 Å². The van der Waals surface area contributed by atoms with Crippen molar-refractivity contribution in [2.75, 3.05) is 7.11 Å². The van der Waals surface area contributed by atoms with Crippen LogP contribution in [-0.4, -0.2) is 24.1 Å². The topological polar surface area (TPSA) is 46.5 Å². The molecule has 0 aliphatic heterocycles. The molecule has 0 aromatic heterocycles. The highest BCUT2D eigenvalue weighted by atomic mass is 16.5. The highest BCUT2D eigenvalue weighted by molar-refractivity contribution is 5.96. The van der Waals surface area contributed by atoms with Crippen molar-refractivity contribution in [3.63, 3.8) is 0 Å². The minimum absolute atomic E-state index is 0.000324. The number of carbonyl (C=O) groups is 1. The molecule has 1 aliphatic rings. The first kappa shape index (κ1) is 10.3. The number of aliphatic hydroxyl groups is 1. The number of allylic oxidation sites excluding steroid dienone is 1. The number of rotatable bonds is 2. The van der Waals surface area contributed by atoms with Crippen molar-refractivity contribution in [2.24, 2.45) is 11.8 Å². The molecule has 3 nitrogen and oxygen atoms in total. The summed E-state index contributed by atoms with van der Waals surface area (Å²) in [6, 6.07) is 0. The van der Waals surface area contributed by atoms with Crippen molar-refractivity contribution in [3.8, 4) is 0 Å². The Hall–Kier alpha value is -0.830. The van der Waals surface area contributed by atoms with E-state index in [1.165, 1.54) is 13.2 Å². The minimum atomic E-state index is -0.548. The summed E-state index contributed by atoms with van der Waals surface area (Å²) >= 11 is 0. The molecule has 1 N–H and O–H groups in total. The van der Waals surface area contributed by atoms with E-state index in [1.807, 2.05) is 13.8 Å². The Kier molecular flexibility index (Phi) is 3.09. The number of carbonyl (C=O) groups excluding carboxylic acids is 1. The maximum atomic E-state index is 11.6. The molecule has 3 unspecified atom stereocenters. The first-order chi connectivity index (χ1) is 6.11. The molecule has 0 saturated heterocycles. The molecule has 0 aromatic carbocycles. The van der Waals surface area contributed by atoms with Crippen LogP contribution < -0.4 is 0 Å². The molecular weight excluding hydrogens is 168 g/mol. The van der Waals surface area contributed by atoms with Crippen LogP contribution in [0.25, 0.3) is 0 Å². The molecular formula is C10H16O3. The van der Waals surface area contributed by atoms with Crippen molar-refractivity contribution in [1.82, 2.24) is 0 Å². The molecule has 0 heterocycles. The van der Waals surface area contributed by atoms with Crippen molar-refractivity contribution in [1.29, 1.82) is 0 Å². The lowest BCUT2D eigenvalue weighted by atomic mass is 9.79. The number of hydrogen-bond acceptors (Lipinski definition) is 3. The Labute approximate surface area is 78.4 Å². The van der Waals surface area contributed by atoms with Crippen LogP contribution in [0.2, 0.25) is 0 Å². The van der Waals surface area contributed by atoms with Gasteiger partial charge in [-0.05, 0) is 18.4 Å². The van der Waals surface area contributed by atoms with E-state index in [9.17, 15) is 9.90 Å². The van der Waals surface area contributed by atoms with Gasteiger partial charge in [0.2, 0.25) is 0 Å². The highest BCUT2D eigenvalue weighted by Crippen LogP contribution is 2.29. The minimum Gasteiger partial charge on any atom is -0.493 e. The van der Waals surface area contributed by atoms with Gasteiger partial charge in [-0.1, -0.05) is 13.8 Å². The Morgan fingerprint density at radius 2 is 2.23 bits per heavy atom. The standard InChI is InChI=1S/C10H16O3/c1-4-7-6(2)10(12)9(13-3)5-8(7)11/h5-8,11H,4H2,1-3H3. The van der Waals surface area contributed by atoms with Gasteiger partial charge in [-0.25, -0.2) is 0 Å². The molecule has 0 aromatic rings. The van der Waals surface area contributed by atoms with E-state index in [-0.39, 0.29) is 17.6 Å². The van der Waals surface area contributed by atoms with Crippen molar-refractivity contribution in [2.45, 2.75) is 26.4 Å². The fourth-order valence-corrected chi connectivity index (χ4v) is 1.84. The summed E-state index contributed by atoms with van der Waals surface area (Å²) in [4.78, 5) is 11.6. The van der Waals surface area contributed by atoms with Gasteiger partial charge >= 0.3 is 0 Å². The second kappa shape index (κ2) is 3.92. The molecule has 74 valence electrons. The van der Waals surface area contributed by atoms with Gasteiger partial charge in [0.05, 0.1) is 13.2 Å². The summed E-state index contributed by atoms with van der Waals surface area (Å²) in [5, 5.41) is 9.65. The van der Waals surface area contributed by atoms with E-state index in [1.54, 1.807) is 0 Å². The summed E-state index contributed by atoms with van der Waals surface area (Å²) in [6.45, 7) is 3.81. The van der Waals surface area contributed by atoms with Crippen molar-refractivity contribution < 1.29 is 14.6 Å². The molecule has 3 atom stereocenters. The third-order valence-corrected chi connectivity index (χ3v) is 2.75. The van der Waals surface area contributed by atoms with Crippen LogP contribution >= 0.6 is 0 Å². The van der Waals surface area contributed by atoms with E-state index in [2.05, 4.69) is 0 Å². The van der Waals surface area contributed by atoms with Gasteiger partial charge in [0.15, 0.2) is 11.5 Å². The number of hydrogen-bond donors (Lipinski definition) is 1. The normalized spacial score (nSPS) is 34.3. The van der Waals surface area contributed by atoms with Crippen LogP contribution in [0, 0.1) is 11.8 Å². The summed E-state index contributed by atoms with van der Waals surface area (Å²) < 4.78 is 4.89. The molecule has 0 spiro atoms. The number of ether oxygens (including phenoxy) is 1. The number of methoxy groups -OCH3 is 1. The van der Waals surface area contributed by atoms with Crippen LogP contribution in [0.3, 0.4) is 0 Å². The number of aliphatic hydroxyl groups excluding tert-OH is 1. The predicted octanol–water partition coefficient (Wildman–Crippen LogP) is 1.12. The van der Waals surface area contributed by atoms with Gasteiger partial charge in [-0.3, -0.25) is 4.79 Å². The van der Waals surface area contributed by atoms with Gasteiger partial charge in [-0.2, -0.15) is 0 Å². The maximum Gasteiger partial charge on any atom is 0.200 e. The Balaban J connectivity index is 2.91. The fourth-order valence-electron chi connectivity index (χ4n) is 1.84. The van der Waals surface area contributed by atoms with Crippen LogP contribution in [0.5, 0.6) is 0 Å². The van der Waals surface area contributed by atoms with E-state index < -0.39 is 6.10 Å². The quantitative estimate of drug-likeness (QED) is 0.699. The lowest BCUT2D eigenvalue weighted by Crippen LogP contribution is -2.35. The molecule has 13 heavy (non-hydrogen) atoms. The Bertz CT molecular complexity index is 232. The fraction of sp³-hybridized carbons (Fsp3) is 0.700. The molecule has 0 bridgehead atoms. The van der Waals surface area contributed by atoms with Crippen LogP contribution in [0.1, 0.15) is 20.3 Å². The molecule has 0 amide bonds. The van der Waals surface area contributed by atoms with Gasteiger partial charge < -0.3 is 9.84 Å². The Morgan fingerprint density at radius 3 is 2.69 bits per heavy atom. The zero-order valence-corrected chi connectivity index (χ0v) is 8.28. The van der Waals surface area contributed by atoms with Crippen LogP contribution in [-0.2, 0) is 9.53 Å². The van der Waals surface area contributed by atoms with Gasteiger partial charge in [-0.15, -0.1) is 0 Å². The van der Waals surface area contributed by atoms with Gasteiger partial charge in [0.1, 0.15) is 0 Å². The summed E-state index contributed by atoms with van der Waals surface area (Å²) in [7, 11) is 1.45. The first-order valence-corrected chi connectivity index (χ1v) is 4.59. The molecule has 1 rings (SSSR count). The second-order valence-electron chi connectivity index (χ2n) is 3.45. The monoisotopic (exact) mass is 184 g/mol. The number of ketones is 1. The first-order valence-electron chi connectivity index (χ1n) is 4.59. The highest BCUT2D eigenvalue weighted by Gasteiger charge is 2.35. The van der Waals surface area contributed by atoms with Crippen molar-refractivity contribution >= 4 is 5.78 Å². The average Bonchev–Trinajstić information content (AvgIpc) is 2.12. The third-order valence-electron chi connectivity index (χ3n) is 2.75. The van der Waals surface area contributed by atoms with E-state index >= 15 is 0 Å². The van der Waals surface area contributed by atoms with Crippen LogP contribution in [0.4, 0.5) is 0 Å². The maximum absolute atomic E-state index is 11.6. The smallest absolute Gasteiger partial charge is 0.200 e. The van der Waals surface area contributed by atoms with Gasteiger partial charge in [0, 0.05) is 5.92 Å². The lowest BCUT2D eigenvalue weighted by molar-refractivity contribution is -0.126. The molecule has 0 fully saturated rings. The van der Waals surface area contributed by atoms with Crippen molar-refractivity contribution in [3.05, 3.63) is 11.8 Å². The van der Waals surface area contributed by atoms with E-state index in [4.69, 9.17) is 4.74 Å². The summed E-state index contributed by atoms with van der Waals surface area (Å²) in [6.07, 6.45) is 1.77. The summed E-state index contributed by atoms with van der Waals surface area (Å²) in [5.41, 5.74) is 0. The molecule has 0 saturated carbocycles. The SMILES string of the molecule is CCC1C(O)C=C(OC)C(=O)C1C. The van der Waals surface area contributed by atoms with E-state index in [0.717, 1.165) is 6.42 Å². The summed E-state index contributed by atoms with van der Waals surface area (Å²) in [5.74, 6) is 0.190. The average molecular weight is 184 g/mol. The predicted molar refractivity (Wildman–Crippen MR) is 49.1 cm³/mol. The largest absolute Gasteiger partial charge is 0.493 e. The third kappa shape index (κ3) is 1.75.